The van der Waals surface area contributed by atoms with Gasteiger partial charge in [0.05, 0.1) is 12.6 Å². The summed E-state index contributed by atoms with van der Waals surface area (Å²) in [5.74, 6) is -0.225. The van der Waals surface area contributed by atoms with E-state index in [1.807, 2.05) is 0 Å². The van der Waals surface area contributed by atoms with E-state index in [0.29, 0.717) is 13.0 Å². The Morgan fingerprint density at radius 1 is 0.917 bits per heavy atom. The largest absolute Gasteiger partial charge is 0.370 e. The molecule has 0 saturated carbocycles. The van der Waals surface area contributed by atoms with Crippen molar-refractivity contribution in [2.45, 2.75) is 19.3 Å². The first-order chi connectivity index (χ1) is 11.5. The van der Waals surface area contributed by atoms with Crippen LogP contribution in [0.15, 0.2) is 0 Å². The van der Waals surface area contributed by atoms with Gasteiger partial charge < -0.3 is 20.4 Å². The second-order valence-electron chi connectivity index (χ2n) is 6.81. The molecule has 24 heavy (non-hydrogen) atoms. The summed E-state index contributed by atoms with van der Waals surface area (Å²) in [7, 11) is 4.28. The van der Waals surface area contributed by atoms with Crippen molar-refractivity contribution in [1.82, 2.24) is 19.6 Å². The van der Waals surface area contributed by atoms with Crippen molar-refractivity contribution < 1.29 is 4.79 Å². The standard InChI is InChI=1S/C17H34N6O/c1-20-8-4-10-23(12-6-18)16-14-21(2)7-3-9-22(15-13-20)11-5-17(19)24/h3-5,7-16H2,1-2H3,(H2,19,24). The van der Waals surface area contributed by atoms with Crippen molar-refractivity contribution >= 4 is 5.91 Å². The van der Waals surface area contributed by atoms with Crippen molar-refractivity contribution in [3.8, 4) is 6.07 Å². The van der Waals surface area contributed by atoms with E-state index in [9.17, 15) is 4.79 Å². The molecule has 0 bridgehead atoms. The number of hydrogen-bond acceptors (Lipinski definition) is 6. The van der Waals surface area contributed by atoms with Crippen LogP contribution in [0.1, 0.15) is 19.3 Å². The highest BCUT2D eigenvalue weighted by Crippen LogP contribution is 2.01. The van der Waals surface area contributed by atoms with Crippen molar-refractivity contribution in [3.63, 3.8) is 0 Å². The van der Waals surface area contributed by atoms with Gasteiger partial charge in [-0.1, -0.05) is 0 Å². The van der Waals surface area contributed by atoms with E-state index < -0.39 is 0 Å². The normalized spacial score (nSPS) is 21.9. The lowest BCUT2D eigenvalue weighted by Gasteiger charge is -2.29. The zero-order chi connectivity index (χ0) is 17.8. The smallest absolute Gasteiger partial charge is 0.218 e. The summed E-state index contributed by atoms with van der Waals surface area (Å²) in [6.07, 6.45) is 2.59. The maximum absolute atomic E-state index is 11.1. The molecule has 1 heterocycles. The van der Waals surface area contributed by atoms with Crippen LogP contribution < -0.4 is 5.73 Å². The third-order valence-electron chi connectivity index (χ3n) is 4.59. The first-order valence-corrected chi connectivity index (χ1v) is 8.98. The number of primary amides is 1. The summed E-state index contributed by atoms with van der Waals surface area (Å²) in [5, 5.41) is 8.97. The molecule has 138 valence electrons. The van der Waals surface area contributed by atoms with Crippen molar-refractivity contribution in [1.29, 1.82) is 5.26 Å². The number of nitriles is 1. The average molecular weight is 339 g/mol. The number of nitrogens with two attached hydrogens (primary N) is 1. The predicted octanol–water partition coefficient (Wildman–Crippen LogP) is -0.353. The monoisotopic (exact) mass is 338 g/mol. The van der Waals surface area contributed by atoms with E-state index in [1.165, 1.54) is 0 Å². The van der Waals surface area contributed by atoms with Crippen LogP contribution in [0.3, 0.4) is 0 Å². The first kappa shape index (κ1) is 20.8. The lowest BCUT2D eigenvalue weighted by Crippen LogP contribution is -2.40. The summed E-state index contributed by atoms with van der Waals surface area (Å²) in [6, 6.07) is 2.28. The second-order valence-corrected chi connectivity index (χ2v) is 6.81. The van der Waals surface area contributed by atoms with Gasteiger partial charge in [0.2, 0.25) is 5.91 Å². The number of carbonyl (C=O) groups excluding carboxylic acids is 1. The quantitative estimate of drug-likeness (QED) is 0.706. The number of likely N-dealkylation sites (N-methyl/N-ethyl adjacent to an activating group) is 2. The SMILES string of the molecule is CN1CCCN(CCC(N)=O)CCN(C)CCCN(CC#N)CC1. The maximum Gasteiger partial charge on any atom is 0.218 e. The number of carbonyl (C=O) groups is 1. The van der Waals surface area contributed by atoms with Gasteiger partial charge in [-0.05, 0) is 46.6 Å². The summed E-state index contributed by atoms with van der Waals surface area (Å²) in [6.45, 7) is 9.18. The molecule has 0 aromatic rings. The Kier molecular flexibility index (Phi) is 10.6. The average Bonchev–Trinajstić information content (AvgIpc) is 2.53. The van der Waals surface area contributed by atoms with Crippen LogP contribution in [-0.4, -0.2) is 105 Å². The van der Waals surface area contributed by atoms with Gasteiger partial charge in [0.15, 0.2) is 0 Å². The molecule has 1 rings (SSSR count). The molecule has 1 saturated heterocycles. The molecule has 0 spiro atoms. The van der Waals surface area contributed by atoms with E-state index in [2.05, 4.69) is 39.8 Å². The second kappa shape index (κ2) is 12.2. The summed E-state index contributed by atoms with van der Waals surface area (Å²) in [5.41, 5.74) is 5.29. The molecular formula is C17H34N6O. The van der Waals surface area contributed by atoms with Gasteiger partial charge in [-0.25, -0.2) is 0 Å². The van der Waals surface area contributed by atoms with Crippen LogP contribution in [0.5, 0.6) is 0 Å². The molecule has 1 amide bonds. The van der Waals surface area contributed by atoms with Crippen molar-refractivity contribution in [2.75, 3.05) is 79.5 Å². The Hall–Kier alpha value is -1.20. The molecule has 7 nitrogen and oxygen atoms in total. The zero-order valence-electron chi connectivity index (χ0n) is 15.4. The number of amides is 1. The van der Waals surface area contributed by atoms with Gasteiger partial charge in [0, 0.05) is 45.7 Å². The van der Waals surface area contributed by atoms with E-state index in [4.69, 9.17) is 11.0 Å². The van der Waals surface area contributed by atoms with Gasteiger partial charge in [-0.2, -0.15) is 5.26 Å². The lowest BCUT2D eigenvalue weighted by atomic mass is 10.2. The molecule has 2 N–H and O–H groups in total. The maximum atomic E-state index is 11.1. The molecule has 7 heteroatoms. The molecule has 0 unspecified atom stereocenters. The molecular weight excluding hydrogens is 304 g/mol. The van der Waals surface area contributed by atoms with E-state index in [0.717, 1.165) is 71.7 Å². The van der Waals surface area contributed by atoms with E-state index in [1.54, 1.807) is 0 Å². The zero-order valence-corrected chi connectivity index (χ0v) is 15.4. The van der Waals surface area contributed by atoms with Crippen molar-refractivity contribution in [2.24, 2.45) is 5.73 Å². The van der Waals surface area contributed by atoms with Crippen LogP contribution in [0.4, 0.5) is 0 Å². The summed E-state index contributed by atoms with van der Waals surface area (Å²) in [4.78, 5) is 20.3. The third kappa shape index (κ3) is 9.83. The fraction of sp³-hybridized carbons (Fsp3) is 0.882. The van der Waals surface area contributed by atoms with Gasteiger partial charge in [-0.3, -0.25) is 9.69 Å². The molecule has 0 atom stereocenters. The Morgan fingerprint density at radius 2 is 1.46 bits per heavy atom. The molecule has 0 aromatic carbocycles. The van der Waals surface area contributed by atoms with Crippen LogP contribution in [-0.2, 0) is 4.79 Å². The van der Waals surface area contributed by atoms with Gasteiger partial charge in [0.25, 0.3) is 0 Å². The highest BCUT2D eigenvalue weighted by Gasteiger charge is 2.12. The number of nitrogens with zero attached hydrogens (tertiary/aromatic N) is 5. The minimum Gasteiger partial charge on any atom is -0.370 e. The first-order valence-electron chi connectivity index (χ1n) is 8.98. The topological polar surface area (TPSA) is 79.8 Å². The molecule has 0 radical (unpaired) electrons. The highest BCUT2D eigenvalue weighted by molar-refractivity contribution is 5.73. The fourth-order valence-corrected chi connectivity index (χ4v) is 2.95. The Balaban J connectivity index is 2.54. The van der Waals surface area contributed by atoms with E-state index >= 15 is 0 Å². The van der Waals surface area contributed by atoms with Crippen LogP contribution in [0.25, 0.3) is 0 Å². The summed E-state index contributed by atoms with van der Waals surface area (Å²) >= 11 is 0. The predicted molar refractivity (Wildman–Crippen MR) is 96.5 cm³/mol. The van der Waals surface area contributed by atoms with Crippen LogP contribution in [0, 0.1) is 11.3 Å². The Labute approximate surface area is 147 Å². The minimum absolute atomic E-state index is 0.225. The van der Waals surface area contributed by atoms with Crippen LogP contribution >= 0.6 is 0 Å². The molecule has 0 aliphatic carbocycles. The molecule has 0 aromatic heterocycles. The van der Waals surface area contributed by atoms with Crippen molar-refractivity contribution in [3.05, 3.63) is 0 Å². The fourth-order valence-electron chi connectivity index (χ4n) is 2.95. The summed E-state index contributed by atoms with van der Waals surface area (Å²) < 4.78 is 0. The Morgan fingerprint density at radius 3 is 2.00 bits per heavy atom. The molecule has 1 aliphatic rings. The van der Waals surface area contributed by atoms with Gasteiger partial charge in [0.1, 0.15) is 0 Å². The van der Waals surface area contributed by atoms with Gasteiger partial charge >= 0.3 is 0 Å². The molecule has 1 aliphatic heterocycles. The lowest BCUT2D eigenvalue weighted by molar-refractivity contribution is -0.118. The van der Waals surface area contributed by atoms with E-state index in [-0.39, 0.29) is 5.91 Å². The van der Waals surface area contributed by atoms with Crippen LogP contribution in [0.2, 0.25) is 0 Å². The Bertz CT molecular complexity index is 397. The minimum atomic E-state index is -0.225. The highest BCUT2D eigenvalue weighted by atomic mass is 16.1. The number of hydrogen-bond donors (Lipinski definition) is 1. The van der Waals surface area contributed by atoms with Gasteiger partial charge in [-0.15, -0.1) is 0 Å². The number of rotatable bonds is 4. The molecule has 1 fully saturated rings. The third-order valence-corrected chi connectivity index (χ3v) is 4.59.